The number of carbonyl (C=O) groups is 1. The lowest BCUT2D eigenvalue weighted by atomic mass is 10.1. The molecule has 0 aliphatic heterocycles. The summed E-state index contributed by atoms with van der Waals surface area (Å²) in [6.07, 6.45) is 0. The lowest BCUT2D eigenvalue weighted by Crippen LogP contribution is -2.07. The van der Waals surface area contributed by atoms with Crippen molar-refractivity contribution in [1.82, 2.24) is 4.57 Å². The first-order chi connectivity index (χ1) is 10.0. The molecular weight excluding hydrogens is 402 g/mol. The number of hydrogen-bond acceptors (Lipinski definition) is 3. The predicted octanol–water partition coefficient (Wildman–Crippen LogP) is 4.41. The van der Waals surface area contributed by atoms with Gasteiger partial charge in [-0.1, -0.05) is 15.9 Å². The van der Waals surface area contributed by atoms with E-state index in [-0.39, 0.29) is 5.97 Å². The Kier molecular flexibility index (Phi) is 5.32. The molecule has 114 valence electrons. The molecule has 0 saturated carbocycles. The number of ether oxygens (including phenoxy) is 2. The van der Waals surface area contributed by atoms with Gasteiger partial charge in [0.1, 0.15) is 5.75 Å². The minimum atomic E-state index is -0.303. The number of halogens is 2. The Morgan fingerprint density at radius 2 is 2.00 bits per heavy atom. The van der Waals surface area contributed by atoms with Crippen LogP contribution in [0.25, 0.3) is 10.9 Å². The minimum absolute atomic E-state index is 0.303. The second-order valence-corrected chi connectivity index (χ2v) is 5.88. The molecule has 0 saturated heterocycles. The van der Waals surface area contributed by atoms with Crippen molar-refractivity contribution in [1.29, 1.82) is 0 Å². The summed E-state index contributed by atoms with van der Waals surface area (Å²) in [6.45, 7) is 4.65. The van der Waals surface area contributed by atoms with Crippen molar-refractivity contribution in [2.24, 2.45) is 7.05 Å². The second-order valence-electron chi connectivity index (χ2n) is 4.47. The first-order valence-corrected chi connectivity index (χ1v) is 8.63. The van der Waals surface area contributed by atoms with Crippen LogP contribution in [0, 0.1) is 0 Å². The van der Waals surface area contributed by atoms with Gasteiger partial charge in [0.05, 0.1) is 28.8 Å². The molecule has 1 aromatic carbocycles. The maximum absolute atomic E-state index is 12.3. The summed E-state index contributed by atoms with van der Waals surface area (Å²) in [5.74, 6) is 0.421. The van der Waals surface area contributed by atoms with Crippen LogP contribution in [0.4, 0.5) is 0 Å². The van der Waals surface area contributed by atoms with E-state index in [1.807, 2.05) is 30.7 Å². The largest absolute Gasteiger partial charge is 0.493 e. The molecular formula is C15H17Br2NO3. The zero-order valence-corrected chi connectivity index (χ0v) is 15.4. The molecule has 2 aromatic rings. The van der Waals surface area contributed by atoms with Crippen LogP contribution in [0.5, 0.6) is 5.75 Å². The SMILES string of the molecule is CCOC(=O)c1c(CBr)n(C)c2cc(Br)c(OCC)cc12. The van der Waals surface area contributed by atoms with Gasteiger partial charge >= 0.3 is 5.97 Å². The number of benzene rings is 1. The van der Waals surface area contributed by atoms with E-state index >= 15 is 0 Å². The number of fused-ring (bicyclic) bond motifs is 1. The molecule has 0 amide bonds. The van der Waals surface area contributed by atoms with E-state index in [4.69, 9.17) is 9.47 Å². The van der Waals surface area contributed by atoms with Crippen molar-refractivity contribution in [2.75, 3.05) is 13.2 Å². The molecule has 0 N–H and O–H groups in total. The molecule has 1 aromatic heterocycles. The van der Waals surface area contributed by atoms with Gasteiger partial charge in [0.15, 0.2) is 0 Å². The number of alkyl halides is 1. The molecule has 0 unspecified atom stereocenters. The highest BCUT2D eigenvalue weighted by Gasteiger charge is 2.23. The third-order valence-electron chi connectivity index (χ3n) is 3.28. The van der Waals surface area contributed by atoms with Gasteiger partial charge in [-0.05, 0) is 41.9 Å². The van der Waals surface area contributed by atoms with Gasteiger partial charge in [-0.15, -0.1) is 0 Å². The molecule has 0 fully saturated rings. The Balaban J connectivity index is 2.74. The molecule has 0 radical (unpaired) electrons. The molecule has 2 rings (SSSR count). The van der Waals surface area contributed by atoms with Crippen LogP contribution in [0.1, 0.15) is 29.9 Å². The molecule has 21 heavy (non-hydrogen) atoms. The second kappa shape index (κ2) is 6.83. The number of nitrogens with zero attached hydrogens (tertiary/aromatic N) is 1. The molecule has 4 nitrogen and oxygen atoms in total. The van der Waals surface area contributed by atoms with E-state index in [9.17, 15) is 4.79 Å². The maximum Gasteiger partial charge on any atom is 0.340 e. The minimum Gasteiger partial charge on any atom is -0.493 e. The van der Waals surface area contributed by atoms with Crippen molar-refractivity contribution in [2.45, 2.75) is 19.2 Å². The van der Waals surface area contributed by atoms with Gasteiger partial charge in [0, 0.05) is 23.5 Å². The molecule has 0 aliphatic rings. The van der Waals surface area contributed by atoms with Gasteiger partial charge < -0.3 is 14.0 Å². The highest BCUT2D eigenvalue weighted by atomic mass is 79.9. The summed E-state index contributed by atoms with van der Waals surface area (Å²) in [5, 5.41) is 1.42. The smallest absolute Gasteiger partial charge is 0.340 e. The number of aryl methyl sites for hydroxylation is 1. The Labute approximate surface area is 140 Å². The number of carbonyl (C=O) groups excluding carboxylic acids is 1. The summed E-state index contributed by atoms with van der Waals surface area (Å²) in [6, 6.07) is 3.86. The van der Waals surface area contributed by atoms with Gasteiger partial charge in [-0.25, -0.2) is 4.79 Å². The normalized spacial score (nSPS) is 10.9. The quantitative estimate of drug-likeness (QED) is 0.533. The van der Waals surface area contributed by atoms with Crippen LogP contribution in [-0.4, -0.2) is 23.8 Å². The van der Waals surface area contributed by atoms with Crippen molar-refractivity contribution in [3.05, 3.63) is 27.9 Å². The predicted molar refractivity (Wildman–Crippen MR) is 90.4 cm³/mol. The number of esters is 1. The van der Waals surface area contributed by atoms with Gasteiger partial charge in [-0.3, -0.25) is 0 Å². The lowest BCUT2D eigenvalue weighted by molar-refractivity contribution is 0.0527. The fourth-order valence-electron chi connectivity index (χ4n) is 2.34. The lowest BCUT2D eigenvalue weighted by Gasteiger charge is -2.07. The standard InChI is InChI=1S/C15H17Br2NO3/c1-4-20-13-6-9-11(7-10(13)17)18(3)12(8-16)14(9)15(19)21-5-2/h6-7H,4-5,8H2,1-3H3. The van der Waals surface area contributed by atoms with Crippen LogP contribution < -0.4 is 4.74 Å². The van der Waals surface area contributed by atoms with Crippen molar-refractivity contribution >= 4 is 48.7 Å². The van der Waals surface area contributed by atoms with E-state index < -0.39 is 0 Å². The number of aromatic nitrogens is 1. The van der Waals surface area contributed by atoms with Gasteiger partial charge in [-0.2, -0.15) is 0 Å². The van der Waals surface area contributed by atoms with E-state index in [2.05, 4.69) is 31.9 Å². The monoisotopic (exact) mass is 417 g/mol. The van der Waals surface area contributed by atoms with E-state index in [1.54, 1.807) is 6.92 Å². The van der Waals surface area contributed by atoms with Gasteiger partial charge in [0.25, 0.3) is 0 Å². The summed E-state index contributed by atoms with van der Waals surface area (Å²) in [7, 11) is 1.94. The van der Waals surface area contributed by atoms with Crippen LogP contribution in [0.15, 0.2) is 16.6 Å². The van der Waals surface area contributed by atoms with Crippen molar-refractivity contribution in [3.8, 4) is 5.75 Å². The first-order valence-electron chi connectivity index (χ1n) is 6.71. The van der Waals surface area contributed by atoms with Crippen LogP contribution in [0.3, 0.4) is 0 Å². The Bertz CT molecular complexity index is 679. The average molecular weight is 419 g/mol. The molecule has 0 bridgehead atoms. The molecule has 0 spiro atoms. The summed E-state index contributed by atoms with van der Waals surface area (Å²) < 4.78 is 13.7. The molecule has 0 atom stereocenters. The van der Waals surface area contributed by atoms with Crippen LogP contribution in [-0.2, 0) is 17.1 Å². The zero-order valence-electron chi connectivity index (χ0n) is 12.2. The fourth-order valence-corrected chi connectivity index (χ4v) is 3.45. The molecule has 1 heterocycles. The average Bonchev–Trinajstić information content (AvgIpc) is 2.72. The highest BCUT2D eigenvalue weighted by Crippen LogP contribution is 2.35. The summed E-state index contributed by atoms with van der Waals surface area (Å²) in [5.41, 5.74) is 2.45. The summed E-state index contributed by atoms with van der Waals surface area (Å²) >= 11 is 6.96. The van der Waals surface area contributed by atoms with Crippen molar-refractivity contribution in [3.63, 3.8) is 0 Å². The maximum atomic E-state index is 12.3. The van der Waals surface area contributed by atoms with E-state index in [0.29, 0.717) is 24.1 Å². The number of hydrogen-bond donors (Lipinski definition) is 0. The van der Waals surface area contributed by atoms with Crippen LogP contribution in [0.2, 0.25) is 0 Å². The molecule has 6 heteroatoms. The number of rotatable bonds is 5. The van der Waals surface area contributed by atoms with Crippen molar-refractivity contribution < 1.29 is 14.3 Å². The topological polar surface area (TPSA) is 40.5 Å². The Morgan fingerprint density at radius 3 is 2.57 bits per heavy atom. The Hall–Kier alpha value is -1.01. The summed E-state index contributed by atoms with van der Waals surface area (Å²) in [4.78, 5) is 12.3. The first kappa shape index (κ1) is 16.4. The van der Waals surface area contributed by atoms with E-state index in [0.717, 1.165) is 26.8 Å². The Morgan fingerprint density at radius 1 is 1.29 bits per heavy atom. The third-order valence-corrected chi connectivity index (χ3v) is 4.43. The fraction of sp³-hybridized carbons (Fsp3) is 0.400. The van der Waals surface area contributed by atoms with Crippen LogP contribution >= 0.6 is 31.9 Å². The van der Waals surface area contributed by atoms with Gasteiger partial charge in [0.2, 0.25) is 0 Å². The molecule has 0 aliphatic carbocycles. The highest BCUT2D eigenvalue weighted by molar-refractivity contribution is 9.10. The zero-order chi connectivity index (χ0) is 15.6. The third kappa shape index (κ3) is 2.97. The van der Waals surface area contributed by atoms with E-state index in [1.165, 1.54) is 0 Å².